The molecule has 0 fully saturated rings. The second-order valence-corrected chi connectivity index (χ2v) is 6.99. The third-order valence-corrected chi connectivity index (χ3v) is 5.00. The molecular formula is C14H13BrN2O3S. The van der Waals surface area contributed by atoms with Crippen LogP contribution in [0.4, 0.5) is 5.82 Å². The maximum absolute atomic E-state index is 12.3. The van der Waals surface area contributed by atoms with Gasteiger partial charge in [0, 0.05) is 10.0 Å². The summed E-state index contributed by atoms with van der Waals surface area (Å²) in [5.74, 6) is 0.0357. The minimum absolute atomic E-state index is 0.0255. The number of pyridine rings is 1. The summed E-state index contributed by atoms with van der Waals surface area (Å²) in [5, 5.41) is 0. The van der Waals surface area contributed by atoms with E-state index >= 15 is 0 Å². The fourth-order valence-electron chi connectivity index (χ4n) is 1.68. The number of carbonyl (C=O) groups excluding carboxylic acids is 1. The van der Waals surface area contributed by atoms with E-state index in [0.717, 1.165) is 4.47 Å². The second kappa shape index (κ2) is 5.95. The Labute approximate surface area is 131 Å². The maximum atomic E-state index is 12.3. The molecule has 0 aliphatic rings. The van der Waals surface area contributed by atoms with Gasteiger partial charge in [0.25, 0.3) is 10.0 Å². The Kier molecular flexibility index (Phi) is 4.43. The lowest BCUT2D eigenvalue weighted by atomic mass is 10.2. The average molecular weight is 369 g/mol. The molecule has 0 radical (unpaired) electrons. The van der Waals surface area contributed by atoms with Gasteiger partial charge in [0.05, 0.1) is 10.6 Å². The van der Waals surface area contributed by atoms with E-state index in [-0.39, 0.29) is 16.5 Å². The lowest BCUT2D eigenvalue weighted by Gasteiger charge is -2.09. The summed E-state index contributed by atoms with van der Waals surface area (Å²) in [6.07, 6.45) is 0. The molecule has 0 aliphatic carbocycles. The summed E-state index contributed by atoms with van der Waals surface area (Å²) in [7, 11) is -3.78. The van der Waals surface area contributed by atoms with E-state index in [1.165, 1.54) is 25.1 Å². The molecule has 0 spiro atoms. The number of sulfonamides is 1. The number of nitrogens with one attached hydrogen (secondary N) is 1. The van der Waals surface area contributed by atoms with Crippen molar-refractivity contribution in [1.82, 2.24) is 4.98 Å². The first-order valence-electron chi connectivity index (χ1n) is 6.06. The third-order valence-electron chi connectivity index (χ3n) is 2.81. The molecule has 2 rings (SSSR count). The van der Waals surface area contributed by atoms with Gasteiger partial charge in [0.1, 0.15) is 5.82 Å². The van der Waals surface area contributed by atoms with Crippen LogP contribution >= 0.6 is 15.9 Å². The van der Waals surface area contributed by atoms with Gasteiger partial charge in [-0.1, -0.05) is 12.1 Å². The molecule has 0 amide bonds. The van der Waals surface area contributed by atoms with E-state index in [9.17, 15) is 13.2 Å². The highest BCUT2D eigenvalue weighted by atomic mass is 79.9. The molecule has 1 aromatic carbocycles. The summed E-state index contributed by atoms with van der Waals surface area (Å²) >= 11 is 3.30. The van der Waals surface area contributed by atoms with Gasteiger partial charge in [0.2, 0.25) is 0 Å². The molecule has 0 aliphatic heterocycles. The normalized spacial score (nSPS) is 11.2. The molecule has 21 heavy (non-hydrogen) atoms. The number of benzene rings is 1. The molecule has 0 unspecified atom stereocenters. The van der Waals surface area contributed by atoms with Crippen molar-refractivity contribution in [3.05, 3.63) is 52.1 Å². The molecule has 110 valence electrons. The largest absolute Gasteiger partial charge is 0.295 e. The van der Waals surface area contributed by atoms with Crippen LogP contribution in [0.25, 0.3) is 0 Å². The van der Waals surface area contributed by atoms with E-state index < -0.39 is 10.0 Å². The maximum Gasteiger partial charge on any atom is 0.263 e. The van der Waals surface area contributed by atoms with Gasteiger partial charge < -0.3 is 0 Å². The van der Waals surface area contributed by atoms with E-state index in [0.29, 0.717) is 11.3 Å². The Morgan fingerprint density at radius 1 is 1.24 bits per heavy atom. The van der Waals surface area contributed by atoms with E-state index in [4.69, 9.17) is 0 Å². The van der Waals surface area contributed by atoms with Crippen LogP contribution in [0.1, 0.15) is 23.0 Å². The minimum atomic E-state index is -3.78. The zero-order valence-electron chi connectivity index (χ0n) is 11.4. The molecule has 2 aromatic rings. The number of nitrogens with zero attached hydrogens (tertiary/aromatic N) is 1. The Morgan fingerprint density at radius 2 is 1.95 bits per heavy atom. The topological polar surface area (TPSA) is 76.1 Å². The number of aromatic nitrogens is 1. The van der Waals surface area contributed by atoms with E-state index in [1.807, 2.05) is 0 Å². The average Bonchev–Trinajstić information content (AvgIpc) is 2.43. The van der Waals surface area contributed by atoms with Crippen LogP contribution < -0.4 is 4.72 Å². The van der Waals surface area contributed by atoms with Gasteiger partial charge in [-0.3, -0.25) is 9.52 Å². The molecule has 1 heterocycles. The zero-order chi connectivity index (χ0) is 15.6. The monoisotopic (exact) mass is 368 g/mol. The lowest BCUT2D eigenvalue weighted by Crippen LogP contribution is -2.14. The first-order valence-corrected chi connectivity index (χ1v) is 8.34. The molecule has 0 bridgehead atoms. The number of halogens is 1. The van der Waals surface area contributed by atoms with Gasteiger partial charge in [-0.15, -0.1) is 0 Å². The highest BCUT2D eigenvalue weighted by Crippen LogP contribution is 2.19. The van der Waals surface area contributed by atoms with Crippen LogP contribution in [0.3, 0.4) is 0 Å². The van der Waals surface area contributed by atoms with Crippen molar-refractivity contribution in [3.63, 3.8) is 0 Å². The Bertz CT molecular complexity index is 804. The fraction of sp³-hybridized carbons (Fsp3) is 0.143. The highest BCUT2D eigenvalue weighted by Gasteiger charge is 2.16. The standard InChI is InChI=1S/C14H13BrN2O3S/c1-9-13(15)6-7-14(16-9)17-21(19,20)12-5-3-4-11(8-12)10(2)18/h3-8H,1-2H3,(H,16,17). The van der Waals surface area contributed by atoms with Crippen molar-refractivity contribution in [2.24, 2.45) is 0 Å². The number of ketones is 1. The number of anilines is 1. The van der Waals surface area contributed by atoms with Crippen LogP contribution in [0, 0.1) is 6.92 Å². The number of rotatable bonds is 4. The van der Waals surface area contributed by atoms with Gasteiger partial charge in [-0.25, -0.2) is 13.4 Å². The molecule has 1 N–H and O–H groups in total. The van der Waals surface area contributed by atoms with Crippen molar-refractivity contribution in [2.45, 2.75) is 18.7 Å². The molecule has 0 saturated heterocycles. The fourth-order valence-corrected chi connectivity index (χ4v) is 2.95. The van der Waals surface area contributed by atoms with Gasteiger partial charge in [-0.05, 0) is 54.0 Å². The number of aryl methyl sites for hydroxylation is 1. The molecule has 1 aromatic heterocycles. The summed E-state index contributed by atoms with van der Waals surface area (Å²) in [6.45, 7) is 3.15. The van der Waals surface area contributed by atoms with Crippen LogP contribution in [0.2, 0.25) is 0 Å². The number of Topliss-reactive ketones (excluding diaryl/α,β-unsaturated/α-hetero) is 1. The molecule has 0 atom stereocenters. The van der Waals surface area contributed by atoms with Gasteiger partial charge in [-0.2, -0.15) is 0 Å². The highest BCUT2D eigenvalue weighted by molar-refractivity contribution is 9.10. The van der Waals surface area contributed by atoms with Crippen molar-refractivity contribution in [1.29, 1.82) is 0 Å². The first kappa shape index (κ1) is 15.7. The molecule has 5 nitrogen and oxygen atoms in total. The second-order valence-electron chi connectivity index (χ2n) is 4.45. The summed E-state index contributed by atoms with van der Waals surface area (Å²) in [6, 6.07) is 9.15. The number of hydrogen-bond acceptors (Lipinski definition) is 4. The van der Waals surface area contributed by atoms with E-state index in [2.05, 4.69) is 25.6 Å². The predicted octanol–water partition coefficient (Wildman–Crippen LogP) is 3.16. The summed E-state index contributed by atoms with van der Waals surface area (Å²) in [5.41, 5.74) is 1.02. The van der Waals surface area contributed by atoms with Crippen LogP contribution in [0.5, 0.6) is 0 Å². The number of hydrogen-bond donors (Lipinski definition) is 1. The Morgan fingerprint density at radius 3 is 2.57 bits per heavy atom. The minimum Gasteiger partial charge on any atom is -0.295 e. The summed E-state index contributed by atoms with van der Waals surface area (Å²) in [4.78, 5) is 15.5. The van der Waals surface area contributed by atoms with Crippen molar-refractivity contribution < 1.29 is 13.2 Å². The Hall–Kier alpha value is -1.73. The van der Waals surface area contributed by atoms with Crippen LogP contribution in [-0.2, 0) is 10.0 Å². The lowest BCUT2D eigenvalue weighted by molar-refractivity contribution is 0.101. The Balaban J connectivity index is 2.36. The molecule has 0 saturated carbocycles. The quantitative estimate of drug-likeness (QED) is 0.840. The van der Waals surface area contributed by atoms with E-state index in [1.54, 1.807) is 25.1 Å². The third kappa shape index (κ3) is 3.68. The van der Waals surface area contributed by atoms with Gasteiger partial charge in [0.15, 0.2) is 5.78 Å². The zero-order valence-corrected chi connectivity index (χ0v) is 13.8. The van der Waals surface area contributed by atoms with Crippen LogP contribution in [0.15, 0.2) is 45.8 Å². The predicted molar refractivity (Wildman–Crippen MR) is 83.9 cm³/mol. The van der Waals surface area contributed by atoms with Crippen molar-refractivity contribution in [3.8, 4) is 0 Å². The summed E-state index contributed by atoms with van der Waals surface area (Å²) < 4.78 is 27.8. The molecule has 7 heteroatoms. The number of carbonyl (C=O) groups is 1. The molecular weight excluding hydrogens is 356 g/mol. The van der Waals surface area contributed by atoms with Crippen molar-refractivity contribution >= 4 is 37.6 Å². The first-order chi connectivity index (χ1) is 9.79. The van der Waals surface area contributed by atoms with Crippen LogP contribution in [-0.4, -0.2) is 19.2 Å². The smallest absolute Gasteiger partial charge is 0.263 e. The SMILES string of the molecule is CC(=O)c1cccc(S(=O)(=O)Nc2ccc(Br)c(C)n2)c1. The van der Waals surface area contributed by atoms with Gasteiger partial charge >= 0.3 is 0 Å². The van der Waals surface area contributed by atoms with Crippen molar-refractivity contribution in [2.75, 3.05) is 4.72 Å².